The van der Waals surface area contributed by atoms with Gasteiger partial charge in [-0.1, -0.05) is 30.3 Å². The summed E-state index contributed by atoms with van der Waals surface area (Å²) < 4.78 is 7.36. The van der Waals surface area contributed by atoms with Crippen molar-refractivity contribution < 1.29 is 4.72 Å². The lowest BCUT2D eigenvalue weighted by Crippen LogP contribution is -2.94. The van der Waals surface area contributed by atoms with Crippen molar-refractivity contribution in [3.63, 3.8) is 0 Å². The highest BCUT2D eigenvalue weighted by molar-refractivity contribution is 7.79. The molecule has 2 nitrogen and oxygen atoms in total. The third-order valence-electron chi connectivity index (χ3n) is 2.04. The smallest absolute Gasteiger partial charge is 0.0986 e. The molecule has 0 heterocycles. The molecule has 3 heteroatoms. The highest BCUT2D eigenvalue weighted by Gasteiger charge is 2.19. The van der Waals surface area contributed by atoms with Gasteiger partial charge in [-0.25, -0.2) is 4.36 Å². The minimum Gasteiger partial charge on any atom is -0.274 e. The van der Waals surface area contributed by atoms with Crippen LogP contribution in [-0.4, -0.2) is 11.1 Å². The van der Waals surface area contributed by atoms with Crippen molar-refractivity contribution in [2.24, 2.45) is 4.36 Å². The summed E-state index contributed by atoms with van der Waals surface area (Å²) in [5, 5.41) is 0. The number of nitrogens with two attached hydrogens (primary N) is 1. The van der Waals surface area contributed by atoms with Crippen LogP contribution in [0.3, 0.4) is 0 Å². The maximum absolute atomic E-state index is 4.96. The van der Waals surface area contributed by atoms with E-state index in [1.807, 2.05) is 0 Å². The molecule has 0 saturated heterocycles. The molecule has 0 spiro atoms. The van der Waals surface area contributed by atoms with Crippen LogP contribution in [0.25, 0.3) is 0 Å². The first-order valence-electron chi connectivity index (χ1n) is 6.48. The second-order valence-corrected chi connectivity index (χ2v) is 8.29. The lowest BCUT2D eigenvalue weighted by molar-refractivity contribution is -0.566. The van der Waals surface area contributed by atoms with Crippen LogP contribution >= 0.6 is 0 Å². The van der Waals surface area contributed by atoms with Crippen molar-refractivity contribution in [3.05, 3.63) is 35.9 Å². The Bertz CT molecular complexity index is 397. The Hall–Kier alpha value is -0.670. The van der Waals surface area contributed by atoms with Gasteiger partial charge in [0, 0.05) is 0 Å². The molecular formula is C15H27N2S+. The number of rotatable bonds is 3. The van der Waals surface area contributed by atoms with E-state index in [2.05, 4.69) is 76.6 Å². The summed E-state index contributed by atoms with van der Waals surface area (Å²) in [5.41, 5.74) is 1.61. The van der Waals surface area contributed by atoms with Crippen molar-refractivity contribution >= 4 is 10.9 Å². The van der Waals surface area contributed by atoms with E-state index in [4.69, 9.17) is 4.36 Å². The van der Waals surface area contributed by atoms with E-state index in [1.54, 1.807) is 0 Å². The molecule has 0 bridgehead atoms. The van der Waals surface area contributed by atoms with Crippen molar-refractivity contribution in [1.82, 2.24) is 0 Å². The summed E-state index contributed by atoms with van der Waals surface area (Å²) in [7, 11) is -0.0144. The largest absolute Gasteiger partial charge is 0.274 e. The predicted molar refractivity (Wildman–Crippen MR) is 81.4 cm³/mol. The first-order valence-corrected chi connectivity index (χ1v) is 7.90. The van der Waals surface area contributed by atoms with Gasteiger partial charge in [0.25, 0.3) is 0 Å². The standard InChI is InChI=1S/C15H26N2S/c1-14(2,3)16-18(17-15(4,5)6)12-13-10-8-7-9-11-13/h7-11H,12H2,1-6H3,(H,16,17)/p+1. The summed E-state index contributed by atoms with van der Waals surface area (Å²) >= 11 is 0. The van der Waals surface area contributed by atoms with Gasteiger partial charge >= 0.3 is 0 Å². The third kappa shape index (κ3) is 6.92. The highest BCUT2D eigenvalue weighted by Crippen LogP contribution is 2.10. The number of nitrogens with zero attached hydrogens (tertiary/aromatic N) is 1. The minimum atomic E-state index is -0.0144. The van der Waals surface area contributed by atoms with Crippen LogP contribution in [0, 0.1) is 0 Å². The van der Waals surface area contributed by atoms with E-state index in [-0.39, 0.29) is 22.0 Å². The Morgan fingerprint density at radius 2 is 1.56 bits per heavy atom. The summed E-state index contributed by atoms with van der Waals surface area (Å²) in [5.74, 6) is 1.02. The van der Waals surface area contributed by atoms with Crippen molar-refractivity contribution in [2.45, 2.75) is 58.4 Å². The van der Waals surface area contributed by atoms with Crippen LogP contribution in [-0.2, 0) is 16.6 Å². The lowest BCUT2D eigenvalue weighted by Gasteiger charge is -2.21. The molecule has 0 saturated carbocycles. The molecule has 0 aliphatic carbocycles. The minimum absolute atomic E-state index is 0.0144. The third-order valence-corrected chi connectivity index (χ3v) is 4.43. The molecule has 2 N–H and O–H groups in total. The van der Waals surface area contributed by atoms with E-state index < -0.39 is 0 Å². The molecule has 1 atom stereocenters. The molecule has 18 heavy (non-hydrogen) atoms. The molecule has 102 valence electrons. The van der Waals surface area contributed by atoms with E-state index in [0.29, 0.717) is 0 Å². The second-order valence-electron chi connectivity index (χ2n) is 6.78. The average Bonchev–Trinajstić information content (AvgIpc) is 2.13. The molecule has 0 aromatic heterocycles. The normalized spacial score (nSPS) is 14.8. The molecule has 0 amide bonds. The number of hydrogen-bond donors (Lipinski definition) is 1. The first-order chi connectivity index (χ1) is 8.16. The number of quaternary nitrogens is 1. The number of benzene rings is 1. The van der Waals surface area contributed by atoms with Gasteiger partial charge < -0.3 is 0 Å². The van der Waals surface area contributed by atoms with Gasteiger partial charge in [-0.15, -0.1) is 0 Å². The van der Waals surface area contributed by atoms with Crippen molar-refractivity contribution in [2.75, 3.05) is 0 Å². The predicted octanol–water partition coefficient (Wildman–Crippen LogP) is 3.06. The zero-order valence-electron chi connectivity index (χ0n) is 12.5. The fourth-order valence-electron chi connectivity index (χ4n) is 1.61. The Kier molecular flexibility index (Phi) is 5.11. The molecule has 0 aliphatic heterocycles. The van der Waals surface area contributed by atoms with Gasteiger partial charge in [0.2, 0.25) is 0 Å². The molecule has 1 aromatic rings. The first kappa shape index (κ1) is 15.4. The zero-order valence-corrected chi connectivity index (χ0v) is 13.3. The Morgan fingerprint density at radius 3 is 2.00 bits per heavy atom. The summed E-state index contributed by atoms with van der Waals surface area (Å²) in [6, 6.07) is 10.6. The van der Waals surface area contributed by atoms with Gasteiger partial charge in [0.05, 0.1) is 27.7 Å². The quantitative estimate of drug-likeness (QED) is 0.872. The monoisotopic (exact) mass is 267 g/mol. The van der Waals surface area contributed by atoms with Gasteiger partial charge in [-0.05, 0) is 47.1 Å². The topological polar surface area (TPSA) is 29.0 Å². The van der Waals surface area contributed by atoms with Crippen LogP contribution in [0.5, 0.6) is 0 Å². The van der Waals surface area contributed by atoms with E-state index in [0.717, 1.165) is 5.75 Å². The fraction of sp³-hybridized carbons (Fsp3) is 0.600. The highest BCUT2D eigenvalue weighted by atomic mass is 32.2. The van der Waals surface area contributed by atoms with Crippen LogP contribution < -0.4 is 4.72 Å². The lowest BCUT2D eigenvalue weighted by atomic mass is 10.1. The zero-order chi connectivity index (χ0) is 13.8. The molecule has 1 aromatic carbocycles. The molecule has 1 rings (SSSR count). The summed E-state index contributed by atoms with van der Waals surface area (Å²) in [6.07, 6.45) is 0. The van der Waals surface area contributed by atoms with E-state index in [1.165, 1.54) is 5.56 Å². The van der Waals surface area contributed by atoms with Crippen molar-refractivity contribution in [3.8, 4) is 0 Å². The van der Waals surface area contributed by atoms with Crippen LogP contribution in [0.2, 0.25) is 0 Å². The van der Waals surface area contributed by atoms with Crippen LogP contribution in [0.15, 0.2) is 34.7 Å². The van der Waals surface area contributed by atoms with Crippen molar-refractivity contribution in [1.29, 1.82) is 0 Å². The number of hydrogen-bond acceptors (Lipinski definition) is 1. The van der Waals surface area contributed by atoms with Gasteiger partial charge in [0.15, 0.2) is 0 Å². The Morgan fingerprint density at radius 1 is 1.00 bits per heavy atom. The van der Waals surface area contributed by atoms with E-state index in [9.17, 15) is 0 Å². The summed E-state index contributed by atoms with van der Waals surface area (Å²) in [6.45, 7) is 13.3. The SMILES string of the molecule is CC(C)(C)N=S(Cc1ccccc1)[NH2+]C(C)(C)C. The maximum Gasteiger partial charge on any atom is 0.0986 e. The molecule has 0 fully saturated rings. The van der Waals surface area contributed by atoms with Gasteiger partial charge in [0.1, 0.15) is 0 Å². The molecule has 1 unspecified atom stereocenters. The average molecular weight is 267 g/mol. The second kappa shape index (κ2) is 5.98. The van der Waals surface area contributed by atoms with Gasteiger partial charge in [-0.2, -0.15) is 0 Å². The molecule has 0 aliphatic rings. The summed E-state index contributed by atoms with van der Waals surface area (Å²) in [4.78, 5) is 0. The van der Waals surface area contributed by atoms with Gasteiger partial charge in [-0.3, -0.25) is 4.72 Å². The Balaban J connectivity index is 2.89. The fourth-order valence-corrected chi connectivity index (χ4v) is 3.86. The molecular weight excluding hydrogens is 240 g/mol. The Labute approximate surface area is 114 Å². The van der Waals surface area contributed by atoms with Crippen LogP contribution in [0.4, 0.5) is 0 Å². The van der Waals surface area contributed by atoms with E-state index >= 15 is 0 Å². The molecule has 0 radical (unpaired) electrons. The van der Waals surface area contributed by atoms with Crippen LogP contribution in [0.1, 0.15) is 47.1 Å². The maximum atomic E-state index is 4.96.